The summed E-state index contributed by atoms with van der Waals surface area (Å²) in [6, 6.07) is 20.5. The molecule has 0 atom stereocenters. The number of rotatable bonds is 11. The fourth-order valence-corrected chi connectivity index (χ4v) is 4.79. The lowest BCUT2D eigenvalue weighted by Crippen LogP contribution is -3.00. The number of aryl methyl sites for hydroxylation is 1. The Morgan fingerprint density at radius 1 is 0.953 bits per heavy atom. The van der Waals surface area contributed by atoms with Crippen molar-refractivity contribution in [3.8, 4) is 0 Å². The molecule has 0 bridgehead atoms. The number of hydrogen-bond acceptors (Lipinski definition) is 5. The summed E-state index contributed by atoms with van der Waals surface area (Å²) in [5.41, 5.74) is 1.00. The van der Waals surface area contributed by atoms with E-state index in [9.17, 15) is 18.8 Å². The van der Waals surface area contributed by atoms with Gasteiger partial charge < -0.3 is 27.2 Å². The maximum atomic E-state index is 14.6. The number of ether oxygens (including phenoxy) is 2. The van der Waals surface area contributed by atoms with Gasteiger partial charge in [0.2, 0.25) is 0 Å². The van der Waals surface area contributed by atoms with Crippen LogP contribution in [0.1, 0.15) is 23.7 Å². The molecule has 0 saturated heterocycles. The molecule has 4 rings (SSSR count). The first kappa shape index (κ1) is 33.3. The first-order valence-corrected chi connectivity index (χ1v) is 14.2. The summed E-state index contributed by atoms with van der Waals surface area (Å²) in [4.78, 5) is 39.1. The fourth-order valence-electron chi connectivity index (χ4n) is 4.28. The van der Waals surface area contributed by atoms with E-state index in [1.807, 2.05) is 54.1 Å². The van der Waals surface area contributed by atoms with Crippen molar-refractivity contribution in [3.05, 3.63) is 101 Å². The Hall–Kier alpha value is -4.22. The number of nitrogens with zero attached hydrogens (tertiary/aromatic N) is 2. The molecular weight excluding hydrogens is 643 g/mol. The number of halogens is 3. The van der Waals surface area contributed by atoms with Crippen LogP contribution in [0.4, 0.5) is 25.4 Å². The van der Waals surface area contributed by atoms with Crippen LogP contribution in [0.2, 0.25) is 0 Å². The molecule has 1 heterocycles. The predicted molar refractivity (Wildman–Crippen MR) is 161 cm³/mol. The van der Waals surface area contributed by atoms with Crippen molar-refractivity contribution in [1.29, 1.82) is 0 Å². The van der Waals surface area contributed by atoms with Gasteiger partial charge in [-0.15, -0.1) is 0 Å². The number of carbonyl (C=O) groups excluding carboxylic acids is 3. The second-order valence-electron chi connectivity index (χ2n) is 9.24. The van der Waals surface area contributed by atoms with Crippen LogP contribution in [0.3, 0.4) is 0 Å². The number of carbonyl (C=O) groups is 3. The molecule has 0 aliphatic carbocycles. The van der Waals surface area contributed by atoms with E-state index >= 15 is 0 Å². The molecule has 226 valence electrons. The number of anilines is 2. The highest BCUT2D eigenvalue weighted by Gasteiger charge is 2.21. The second kappa shape index (κ2) is 16.4. The molecular formula is C31H31BrClFN4O5. The van der Waals surface area contributed by atoms with E-state index in [0.717, 1.165) is 33.1 Å². The van der Waals surface area contributed by atoms with Gasteiger partial charge in [0.05, 0.1) is 28.9 Å². The van der Waals surface area contributed by atoms with Crippen LogP contribution in [0.25, 0.3) is 10.8 Å². The molecule has 1 aromatic heterocycles. The number of nitrogens with one attached hydrogen (secondary N) is 2. The van der Waals surface area contributed by atoms with Gasteiger partial charge in [-0.25, -0.2) is 18.5 Å². The summed E-state index contributed by atoms with van der Waals surface area (Å²) < 4.78 is 27.9. The molecule has 3 amide bonds. The molecule has 0 spiro atoms. The van der Waals surface area contributed by atoms with Gasteiger partial charge in [-0.2, -0.15) is 0 Å². The van der Waals surface area contributed by atoms with Crippen molar-refractivity contribution in [2.75, 3.05) is 36.5 Å². The van der Waals surface area contributed by atoms with Crippen LogP contribution in [0.5, 0.6) is 0 Å². The quantitative estimate of drug-likeness (QED) is 0.188. The molecule has 4 aromatic rings. The number of fused-ring (bicyclic) bond motifs is 1. The number of benzene rings is 3. The maximum Gasteiger partial charge on any atom is 0.414 e. The lowest BCUT2D eigenvalue weighted by molar-refractivity contribution is -0.697. The molecule has 43 heavy (non-hydrogen) atoms. The Kier molecular flexibility index (Phi) is 12.7. The lowest BCUT2D eigenvalue weighted by Gasteiger charge is -2.22. The number of para-hydroxylation sites is 1. The van der Waals surface area contributed by atoms with Gasteiger partial charge >= 0.3 is 12.2 Å². The largest absolute Gasteiger partial charge is 1.00 e. The molecule has 0 fully saturated rings. The molecule has 0 saturated carbocycles. The number of amides is 3. The highest BCUT2D eigenvalue weighted by molar-refractivity contribution is 9.10. The van der Waals surface area contributed by atoms with Gasteiger partial charge in [0, 0.05) is 11.8 Å². The molecule has 0 aliphatic rings. The van der Waals surface area contributed by atoms with Crippen molar-refractivity contribution in [3.63, 3.8) is 0 Å². The summed E-state index contributed by atoms with van der Waals surface area (Å²) in [5.74, 6) is -0.966. The minimum atomic E-state index is -0.851. The van der Waals surface area contributed by atoms with Crippen LogP contribution >= 0.6 is 15.9 Å². The Balaban J connectivity index is 0.00000506. The van der Waals surface area contributed by atoms with Crippen molar-refractivity contribution >= 4 is 56.2 Å². The molecule has 0 aliphatic heterocycles. The standard InChI is InChI=1S/C31H30BrFN4O5.ClH/c1-2-15-36-20-23(19-24(32)21-36)29(38)34-14-17-42-31(40)37(28-13-6-5-11-26(28)33)16-18-41-30(39)35-27-12-7-9-22-8-3-4-10-25(22)27;/h3-13,19-21H,2,14-18H2,1H3,(H-,34,35,38,39);1H. The molecule has 0 radical (unpaired) electrons. The third-order valence-corrected chi connectivity index (χ3v) is 6.62. The third-order valence-electron chi connectivity index (χ3n) is 6.18. The van der Waals surface area contributed by atoms with Crippen molar-refractivity contribution in [2.45, 2.75) is 19.9 Å². The highest BCUT2D eigenvalue weighted by atomic mass is 79.9. The van der Waals surface area contributed by atoms with Gasteiger partial charge in [0.15, 0.2) is 12.4 Å². The van der Waals surface area contributed by atoms with E-state index in [-0.39, 0.29) is 50.3 Å². The van der Waals surface area contributed by atoms with E-state index in [2.05, 4.69) is 26.6 Å². The SMILES string of the molecule is CCC[n+]1cc(Br)cc(C(=O)NCCOC(=O)N(CCOC(=O)Nc2cccc3ccccc23)c2ccccc2F)c1.[Cl-]. The van der Waals surface area contributed by atoms with Crippen molar-refractivity contribution in [1.82, 2.24) is 5.32 Å². The van der Waals surface area contributed by atoms with Crippen molar-refractivity contribution < 1.29 is 45.2 Å². The van der Waals surface area contributed by atoms with E-state index in [1.54, 1.807) is 24.4 Å². The topological polar surface area (TPSA) is 101 Å². The zero-order valence-electron chi connectivity index (χ0n) is 23.4. The minimum Gasteiger partial charge on any atom is -1.00 e. The van der Waals surface area contributed by atoms with Gasteiger partial charge in [-0.05, 0) is 45.6 Å². The van der Waals surface area contributed by atoms with E-state index in [1.165, 1.54) is 18.2 Å². The van der Waals surface area contributed by atoms with Crippen LogP contribution in [0.15, 0.2) is 89.7 Å². The number of pyridine rings is 1. The Bertz CT molecular complexity index is 1570. The van der Waals surface area contributed by atoms with Crippen LogP contribution in [-0.2, 0) is 16.0 Å². The van der Waals surface area contributed by atoms with Gasteiger partial charge in [-0.1, -0.05) is 55.5 Å². The Morgan fingerprint density at radius 2 is 1.70 bits per heavy atom. The molecule has 3 aromatic carbocycles. The monoisotopic (exact) mass is 672 g/mol. The Morgan fingerprint density at radius 3 is 2.49 bits per heavy atom. The second-order valence-corrected chi connectivity index (χ2v) is 10.2. The first-order valence-electron chi connectivity index (χ1n) is 13.4. The van der Waals surface area contributed by atoms with Crippen LogP contribution < -0.4 is 32.5 Å². The molecule has 0 unspecified atom stereocenters. The van der Waals surface area contributed by atoms with Gasteiger partial charge in [-0.3, -0.25) is 15.0 Å². The molecule has 12 heteroatoms. The van der Waals surface area contributed by atoms with Crippen molar-refractivity contribution in [2.24, 2.45) is 0 Å². The van der Waals surface area contributed by atoms with Crippen LogP contribution in [0, 0.1) is 5.82 Å². The summed E-state index contributed by atoms with van der Waals surface area (Å²) in [5, 5.41) is 7.22. The molecule has 2 N–H and O–H groups in total. The van der Waals surface area contributed by atoms with E-state index < -0.39 is 18.0 Å². The first-order chi connectivity index (χ1) is 20.4. The average molecular weight is 674 g/mol. The summed E-state index contributed by atoms with van der Waals surface area (Å²) >= 11 is 3.41. The Labute approximate surface area is 263 Å². The number of hydrogen-bond donors (Lipinski definition) is 2. The summed E-state index contributed by atoms with van der Waals surface area (Å²) in [6.45, 7) is 2.31. The third kappa shape index (κ3) is 9.39. The summed E-state index contributed by atoms with van der Waals surface area (Å²) in [7, 11) is 0. The van der Waals surface area contributed by atoms with Crippen LogP contribution in [-0.4, -0.2) is 44.4 Å². The zero-order valence-corrected chi connectivity index (χ0v) is 25.7. The number of aromatic nitrogens is 1. The summed E-state index contributed by atoms with van der Waals surface area (Å²) in [6.07, 6.45) is 2.97. The lowest BCUT2D eigenvalue weighted by atomic mass is 10.1. The van der Waals surface area contributed by atoms with Gasteiger partial charge in [0.25, 0.3) is 5.91 Å². The highest BCUT2D eigenvalue weighted by Crippen LogP contribution is 2.23. The maximum absolute atomic E-state index is 14.6. The zero-order chi connectivity index (χ0) is 29.9. The van der Waals surface area contributed by atoms with E-state index in [4.69, 9.17) is 9.47 Å². The normalized spacial score (nSPS) is 10.4. The molecule has 9 nitrogen and oxygen atoms in total. The minimum absolute atomic E-state index is 0. The predicted octanol–water partition coefficient (Wildman–Crippen LogP) is 3.06. The fraction of sp³-hybridized carbons (Fsp3) is 0.226. The van der Waals surface area contributed by atoms with E-state index in [0.29, 0.717) is 11.3 Å². The smallest absolute Gasteiger partial charge is 0.414 e. The van der Waals surface area contributed by atoms with Gasteiger partial charge in [0.1, 0.15) is 31.1 Å². The average Bonchev–Trinajstić information content (AvgIpc) is 2.98.